The maximum atomic E-state index is 12.9. The molecule has 3 N–H and O–H groups in total. The summed E-state index contributed by atoms with van der Waals surface area (Å²) in [4.78, 5) is 56.3. The van der Waals surface area contributed by atoms with Crippen molar-refractivity contribution in [1.82, 2.24) is 49.9 Å². The van der Waals surface area contributed by atoms with Crippen molar-refractivity contribution in [3.63, 3.8) is 0 Å². The maximum absolute atomic E-state index is 12.9. The molecule has 0 saturated carbocycles. The van der Waals surface area contributed by atoms with E-state index < -0.39 is 11.7 Å². The number of thiazole rings is 2. The molecule has 6 heterocycles. The molecule has 0 unspecified atom stereocenters. The van der Waals surface area contributed by atoms with Gasteiger partial charge in [0.05, 0.1) is 19.8 Å². The summed E-state index contributed by atoms with van der Waals surface area (Å²) in [5.41, 5.74) is 0.990. The molecule has 0 spiro atoms. The highest BCUT2D eigenvalue weighted by molar-refractivity contribution is 7.22. The quantitative estimate of drug-likeness (QED) is 0.222. The Morgan fingerprint density at radius 3 is 1.83 bits per heavy atom. The predicted molar refractivity (Wildman–Crippen MR) is 192 cm³/mol. The number of rotatable bonds is 6. The Morgan fingerprint density at radius 1 is 0.808 bits per heavy atom. The molecule has 4 amide bonds. The van der Waals surface area contributed by atoms with Crippen molar-refractivity contribution < 1.29 is 32.2 Å². The fourth-order valence-corrected chi connectivity index (χ4v) is 6.87. The van der Waals surface area contributed by atoms with E-state index in [-0.39, 0.29) is 24.5 Å². The molecule has 7 rings (SSSR count). The van der Waals surface area contributed by atoms with Crippen molar-refractivity contribution in [3.8, 4) is 11.8 Å². The smallest absolute Gasteiger partial charge is 0.416 e. The predicted octanol–water partition coefficient (Wildman–Crippen LogP) is 4.42. The molecular weight excluding hydrogens is 749 g/mol. The van der Waals surface area contributed by atoms with Crippen LogP contribution in [0.25, 0.3) is 20.7 Å². The number of fused-ring (bicyclic) bond motifs is 2. The first-order valence-electron chi connectivity index (χ1n) is 15.6. The Bertz CT molecular complexity index is 1990. The van der Waals surface area contributed by atoms with Crippen molar-refractivity contribution >= 4 is 78.1 Å². The Kier molecular flexibility index (Phi) is 12.8. The number of alkyl halides is 3. The standard InChI is InChI=1S/C19H19F3N6O2S.C11H14N6O2S.ClH/c1-30-15-14-16(24-11-23-15)31-17(25-14)26-18(29)28-7-5-27(6-8-28)10-12-3-2-4-13(9-12)19(20,21)22;1-19-8-7-9(14-6-13-8)20-10(15-7)16-11(18)17-4-2-12-3-5-17;/h2-4,9,11H,5-8,10H2,1H3,(H,25,26,29);6,12H,2-5H2,1H3,(H,15,16,18);1H. The van der Waals surface area contributed by atoms with Crippen LogP contribution in [-0.4, -0.2) is 123 Å². The van der Waals surface area contributed by atoms with Crippen molar-refractivity contribution in [1.29, 1.82) is 0 Å². The van der Waals surface area contributed by atoms with Crippen molar-refractivity contribution in [2.24, 2.45) is 0 Å². The first kappa shape index (κ1) is 38.5. The van der Waals surface area contributed by atoms with E-state index in [1.54, 1.807) is 15.9 Å². The summed E-state index contributed by atoms with van der Waals surface area (Å²) < 4.78 is 49.0. The topological polar surface area (TPSA) is 176 Å². The van der Waals surface area contributed by atoms with Gasteiger partial charge in [-0.25, -0.2) is 29.5 Å². The minimum atomic E-state index is -4.36. The summed E-state index contributed by atoms with van der Waals surface area (Å²) in [6.07, 6.45) is -1.57. The van der Waals surface area contributed by atoms with Crippen LogP contribution in [0.4, 0.5) is 33.0 Å². The minimum Gasteiger partial charge on any atom is -0.479 e. The molecule has 278 valence electrons. The largest absolute Gasteiger partial charge is 0.479 e. The minimum absolute atomic E-state index is 0. The molecule has 5 aromatic rings. The van der Waals surface area contributed by atoms with Gasteiger partial charge in [-0.1, -0.05) is 40.9 Å². The van der Waals surface area contributed by atoms with Crippen molar-refractivity contribution in [2.45, 2.75) is 12.7 Å². The van der Waals surface area contributed by atoms with Gasteiger partial charge in [0.15, 0.2) is 31.0 Å². The fourth-order valence-electron chi connectivity index (χ4n) is 5.30. The molecule has 4 aromatic heterocycles. The van der Waals surface area contributed by atoms with E-state index in [1.807, 2.05) is 4.90 Å². The highest BCUT2D eigenvalue weighted by Crippen LogP contribution is 2.31. The molecule has 52 heavy (non-hydrogen) atoms. The third kappa shape index (κ3) is 9.39. The molecular formula is C30H34ClF3N12O4S2. The molecule has 0 bridgehead atoms. The normalized spacial score (nSPS) is 15.0. The summed E-state index contributed by atoms with van der Waals surface area (Å²) in [6.45, 7) is 5.44. The van der Waals surface area contributed by atoms with E-state index in [9.17, 15) is 22.8 Å². The molecule has 2 fully saturated rings. The Hall–Kier alpha value is -4.70. The van der Waals surface area contributed by atoms with Gasteiger partial charge < -0.3 is 24.6 Å². The van der Waals surface area contributed by atoms with Crippen LogP contribution in [0.5, 0.6) is 11.8 Å². The van der Waals surface area contributed by atoms with Crippen LogP contribution >= 0.6 is 35.1 Å². The van der Waals surface area contributed by atoms with Gasteiger partial charge in [0.2, 0.25) is 11.8 Å². The average Bonchev–Trinajstić information content (AvgIpc) is 3.75. The molecule has 0 radical (unpaired) electrons. The number of piperazine rings is 2. The van der Waals surface area contributed by atoms with E-state index in [0.29, 0.717) is 94.1 Å². The van der Waals surface area contributed by atoms with Crippen LogP contribution in [0.2, 0.25) is 0 Å². The van der Waals surface area contributed by atoms with Crippen LogP contribution in [0.15, 0.2) is 36.9 Å². The van der Waals surface area contributed by atoms with Gasteiger partial charge in [-0.15, -0.1) is 12.4 Å². The SMILES string of the molecule is COc1ncnc2sc(NC(=O)N3CCN(Cc4cccc(C(F)(F)F)c4)CC3)nc12.COc1ncnc2sc(NC(=O)N3CCNCC3)nc12.Cl. The van der Waals surface area contributed by atoms with Gasteiger partial charge in [-0.3, -0.25) is 15.5 Å². The number of ether oxygens (including phenoxy) is 2. The third-order valence-corrected chi connectivity index (χ3v) is 9.62. The highest BCUT2D eigenvalue weighted by atomic mass is 35.5. The second-order valence-corrected chi connectivity index (χ2v) is 13.1. The zero-order valence-corrected chi connectivity index (χ0v) is 30.3. The number of hydrogen-bond donors (Lipinski definition) is 3. The Morgan fingerprint density at radius 2 is 1.33 bits per heavy atom. The number of hydrogen-bond acceptors (Lipinski definition) is 14. The van der Waals surface area contributed by atoms with E-state index >= 15 is 0 Å². The van der Waals surface area contributed by atoms with Gasteiger partial charge in [0.25, 0.3) is 0 Å². The number of carbonyl (C=O) groups is 2. The third-order valence-electron chi connectivity index (χ3n) is 7.86. The second kappa shape index (κ2) is 17.2. The van der Waals surface area contributed by atoms with Crippen LogP contribution in [0.3, 0.4) is 0 Å². The summed E-state index contributed by atoms with van der Waals surface area (Å²) >= 11 is 2.52. The van der Waals surface area contributed by atoms with Crippen molar-refractivity contribution in [3.05, 3.63) is 48.0 Å². The lowest BCUT2D eigenvalue weighted by Gasteiger charge is -2.34. The Balaban J connectivity index is 0.000000215. The average molecular weight is 783 g/mol. The molecule has 0 aliphatic carbocycles. The van der Waals surface area contributed by atoms with Crippen LogP contribution in [0, 0.1) is 0 Å². The fraction of sp³-hybridized carbons (Fsp3) is 0.400. The summed E-state index contributed by atoms with van der Waals surface area (Å²) in [5.74, 6) is 0.749. The molecule has 16 nitrogen and oxygen atoms in total. The molecule has 2 aliphatic rings. The number of urea groups is 2. The molecule has 0 atom stereocenters. The van der Waals surface area contributed by atoms with Gasteiger partial charge in [0.1, 0.15) is 12.7 Å². The number of amides is 4. The van der Waals surface area contributed by atoms with Crippen molar-refractivity contribution in [2.75, 3.05) is 77.2 Å². The zero-order valence-electron chi connectivity index (χ0n) is 27.8. The summed E-state index contributed by atoms with van der Waals surface area (Å²) in [7, 11) is 3.01. The number of benzene rings is 1. The Labute approximate surface area is 309 Å². The molecule has 2 saturated heterocycles. The number of aromatic nitrogens is 6. The lowest BCUT2D eigenvalue weighted by Crippen LogP contribution is -2.49. The lowest BCUT2D eigenvalue weighted by molar-refractivity contribution is -0.137. The van der Waals surface area contributed by atoms with Crippen LogP contribution < -0.4 is 25.4 Å². The first-order valence-corrected chi connectivity index (χ1v) is 17.3. The number of nitrogens with zero attached hydrogens (tertiary/aromatic N) is 9. The monoisotopic (exact) mass is 782 g/mol. The molecule has 22 heteroatoms. The molecule has 1 aromatic carbocycles. The zero-order chi connectivity index (χ0) is 36.0. The lowest BCUT2D eigenvalue weighted by atomic mass is 10.1. The van der Waals surface area contributed by atoms with E-state index in [1.165, 1.54) is 61.7 Å². The van der Waals surface area contributed by atoms with Crippen LogP contribution in [0.1, 0.15) is 11.1 Å². The second-order valence-electron chi connectivity index (χ2n) is 11.2. The number of halogens is 4. The van der Waals surface area contributed by atoms with Gasteiger partial charge in [-0.2, -0.15) is 23.1 Å². The van der Waals surface area contributed by atoms with Crippen LogP contribution in [-0.2, 0) is 12.7 Å². The van der Waals surface area contributed by atoms with Gasteiger partial charge in [-0.05, 0) is 11.6 Å². The number of carbonyl (C=O) groups excluding carboxylic acids is 2. The van der Waals surface area contributed by atoms with Gasteiger partial charge >= 0.3 is 18.2 Å². The number of nitrogens with one attached hydrogen (secondary N) is 3. The van der Waals surface area contributed by atoms with E-state index in [0.717, 1.165) is 19.2 Å². The highest BCUT2D eigenvalue weighted by Gasteiger charge is 2.31. The molecule has 2 aliphatic heterocycles. The van der Waals surface area contributed by atoms with Gasteiger partial charge in [0, 0.05) is 58.9 Å². The number of methoxy groups -OCH3 is 2. The van der Waals surface area contributed by atoms with E-state index in [4.69, 9.17) is 9.47 Å². The maximum Gasteiger partial charge on any atom is 0.416 e. The first-order chi connectivity index (χ1) is 24.6. The van der Waals surface area contributed by atoms with E-state index in [2.05, 4.69) is 45.9 Å². The number of anilines is 2. The summed E-state index contributed by atoms with van der Waals surface area (Å²) in [6, 6.07) is 4.90. The summed E-state index contributed by atoms with van der Waals surface area (Å²) in [5, 5.41) is 9.66.